The van der Waals surface area contributed by atoms with Gasteiger partial charge in [-0.05, 0) is 32.1 Å². The Balaban J connectivity index is 3.37. The zero-order chi connectivity index (χ0) is 55.0. The van der Waals surface area contributed by atoms with Crippen LogP contribution in [0, 0.1) is 0 Å². The highest BCUT2D eigenvalue weighted by Crippen LogP contribution is 2.19. The smallest absolute Gasteiger partial charge is 0.305 e. The van der Waals surface area contributed by atoms with Crippen molar-refractivity contribution >= 4 is 11.9 Å². The molecule has 1 amide bonds. The Morgan fingerprint density at radius 3 is 0.895 bits per heavy atom. The number of carbonyl (C=O) groups excluding carboxylic acids is 2. The molecule has 0 aromatic carbocycles. The van der Waals surface area contributed by atoms with E-state index in [2.05, 4.69) is 19.2 Å². The zero-order valence-electron chi connectivity index (χ0n) is 51.8. The highest BCUT2D eigenvalue weighted by atomic mass is 16.5. The molecular formula is C70H137NO5. The lowest BCUT2D eigenvalue weighted by Crippen LogP contribution is -2.45. The second-order valence-electron chi connectivity index (χ2n) is 24.2. The molecule has 0 fully saturated rings. The first-order chi connectivity index (χ1) is 37.5. The summed E-state index contributed by atoms with van der Waals surface area (Å²) in [5.41, 5.74) is 0. The van der Waals surface area contributed by atoms with Gasteiger partial charge in [-0.1, -0.05) is 366 Å². The van der Waals surface area contributed by atoms with E-state index in [0.717, 1.165) is 38.5 Å². The zero-order valence-corrected chi connectivity index (χ0v) is 51.8. The molecule has 452 valence electrons. The van der Waals surface area contributed by atoms with Crippen LogP contribution in [-0.2, 0) is 14.3 Å². The summed E-state index contributed by atoms with van der Waals surface area (Å²) in [6.45, 7) is 4.95. The maximum Gasteiger partial charge on any atom is 0.305 e. The van der Waals surface area contributed by atoms with Gasteiger partial charge in [-0.15, -0.1) is 0 Å². The van der Waals surface area contributed by atoms with E-state index < -0.39 is 12.1 Å². The summed E-state index contributed by atoms with van der Waals surface area (Å²) in [4.78, 5) is 24.6. The quantitative estimate of drug-likeness (QED) is 0.0320. The van der Waals surface area contributed by atoms with Gasteiger partial charge in [-0.3, -0.25) is 9.59 Å². The van der Waals surface area contributed by atoms with Crippen LogP contribution in [-0.4, -0.2) is 47.4 Å². The number of aliphatic hydroxyl groups excluding tert-OH is 2. The van der Waals surface area contributed by atoms with Crippen molar-refractivity contribution in [2.75, 3.05) is 13.2 Å². The fraction of sp³-hybridized carbons (Fsp3) is 0.943. The van der Waals surface area contributed by atoms with Gasteiger partial charge in [-0.2, -0.15) is 0 Å². The van der Waals surface area contributed by atoms with Crippen LogP contribution in [0.3, 0.4) is 0 Å². The number of aliphatic hydroxyl groups is 2. The topological polar surface area (TPSA) is 95.9 Å². The van der Waals surface area contributed by atoms with Crippen LogP contribution in [0.4, 0.5) is 0 Å². The second kappa shape index (κ2) is 66.1. The lowest BCUT2D eigenvalue weighted by atomic mass is 10.0. The van der Waals surface area contributed by atoms with Gasteiger partial charge in [0.2, 0.25) is 5.91 Å². The lowest BCUT2D eigenvalue weighted by molar-refractivity contribution is -0.143. The van der Waals surface area contributed by atoms with Gasteiger partial charge in [-0.25, -0.2) is 0 Å². The summed E-state index contributed by atoms with van der Waals surface area (Å²) >= 11 is 0. The molecule has 0 aliphatic heterocycles. The first-order valence-corrected chi connectivity index (χ1v) is 35.0. The number of esters is 1. The van der Waals surface area contributed by atoms with Crippen LogP contribution in [0.2, 0.25) is 0 Å². The summed E-state index contributed by atoms with van der Waals surface area (Å²) in [7, 11) is 0. The van der Waals surface area contributed by atoms with Crippen LogP contribution < -0.4 is 5.32 Å². The van der Waals surface area contributed by atoms with Crippen molar-refractivity contribution in [2.24, 2.45) is 0 Å². The minimum Gasteiger partial charge on any atom is -0.466 e. The highest BCUT2D eigenvalue weighted by molar-refractivity contribution is 5.76. The molecule has 0 saturated heterocycles. The maximum atomic E-state index is 12.5. The van der Waals surface area contributed by atoms with Crippen molar-refractivity contribution in [3.63, 3.8) is 0 Å². The number of carbonyl (C=O) groups is 2. The van der Waals surface area contributed by atoms with E-state index >= 15 is 0 Å². The van der Waals surface area contributed by atoms with Gasteiger partial charge in [0.15, 0.2) is 0 Å². The largest absolute Gasteiger partial charge is 0.466 e. The van der Waals surface area contributed by atoms with E-state index in [9.17, 15) is 19.8 Å². The third-order valence-electron chi connectivity index (χ3n) is 16.6. The van der Waals surface area contributed by atoms with E-state index in [-0.39, 0.29) is 18.5 Å². The monoisotopic (exact) mass is 1070 g/mol. The fourth-order valence-electron chi connectivity index (χ4n) is 11.2. The molecule has 6 nitrogen and oxygen atoms in total. The van der Waals surface area contributed by atoms with E-state index in [1.54, 1.807) is 6.08 Å². The predicted molar refractivity (Wildman–Crippen MR) is 333 cm³/mol. The normalized spacial score (nSPS) is 12.5. The molecule has 0 aliphatic carbocycles. The molecule has 0 heterocycles. The lowest BCUT2D eigenvalue weighted by Gasteiger charge is -2.20. The van der Waals surface area contributed by atoms with Gasteiger partial charge in [0, 0.05) is 12.8 Å². The Morgan fingerprint density at radius 2 is 0.605 bits per heavy atom. The molecular weight excluding hydrogens is 935 g/mol. The van der Waals surface area contributed by atoms with Gasteiger partial charge in [0.05, 0.1) is 25.4 Å². The first kappa shape index (κ1) is 74.6. The maximum absolute atomic E-state index is 12.5. The molecule has 0 saturated carbocycles. The Morgan fingerprint density at radius 1 is 0.355 bits per heavy atom. The predicted octanol–water partition coefficient (Wildman–Crippen LogP) is 22.4. The van der Waals surface area contributed by atoms with Gasteiger partial charge >= 0.3 is 5.97 Å². The number of allylic oxidation sites excluding steroid dienone is 1. The number of ether oxygens (including phenoxy) is 1. The minimum absolute atomic E-state index is 0.0186. The van der Waals surface area contributed by atoms with Gasteiger partial charge in [0.25, 0.3) is 0 Å². The summed E-state index contributed by atoms with van der Waals surface area (Å²) in [5.74, 6) is -0.0456. The number of hydrogen-bond donors (Lipinski definition) is 3. The first-order valence-electron chi connectivity index (χ1n) is 35.0. The number of amides is 1. The summed E-state index contributed by atoms with van der Waals surface area (Å²) in [6.07, 6.45) is 81.4. The van der Waals surface area contributed by atoms with E-state index in [1.165, 1.54) is 334 Å². The van der Waals surface area contributed by atoms with Crippen molar-refractivity contribution in [3.8, 4) is 0 Å². The molecule has 0 aromatic heterocycles. The Bertz CT molecular complexity index is 1140. The summed E-state index contributed by atoms with van der Waals surface area (Å²) in [6, 6.07) is -0.628. The molecule has 0 aromatic rings. The molecule has 0 aliphatic rings. The van der Waals surface area contributed by atoms with Crippen LogP contribution in [0.1, 0.15) is 399 Å². The van der Waals surface area contributed by atoms with Crippen molar-refractivity contribution in [2.45, 2.75) is 411 Å². The number of nitrogens with one attached hydrogen (secondary N) is 1. The van der Waals surface area contributed by atoms with Crippen LogP contribution in [0.15, 0.2) is 12.2 Å². The van der Waals surface area contributed by atoms with E-state index in [1.807, 2.05) is 6.08 Å². The third-order valence-corrected chi connectivity index (χ3v) is 16.6. The van der Waals surface area contributed by atoms with Gasteiger partial charge in [0.1, 0.15) is 0 Å². The van der Waals surface area contributed by atoms with Crippen molar-refractivity contribution < 1.29 is 24.5 Å². The van der Waals surface area contributed by atoms with Crippen molar-refractivity contribution in [3.05, 3.63) is 12.2 Å². The second-order valence-corrected chi connectivity index (χ2v) is 24.2. The minimum atomic E-state index is -0.844. The summed E-state index contributed by atoms with van der Waals surface area (Å²) in [5, 5.41) is 23.2. The highest BCUT2D eigenvalue weighted by Gasteiger charge is 2.18. The van der Waals surface area contributed by atoms with Crippen molar-refractivity contribution in [1.29, 1.82) is 0 Å². The molecule has 2 atom stereocenters. The summed E-state index contributed by atoms with van der Waals surface area (Å²) < 4.78 is 5.51. The molecule has 0 bridgehead atoms. The average Bonchev–Trinajstić information content (AvgIpc) is 3.42. The van der Waals surface area contributed by atoms with E-state index in [4.69, 9.17) is 4.74 Å². The Kier molecular flexibility index (Phi) is 64.9. The SMILES string of the molecule is CCCCCCCCCCCCCCCCCC/C=C/C(O)C(CO)NC(=O)CCCCCCCCCCCCCCCCCCCCCCCCOC(=O)CCCCCCCCCCCCCCCCCCCCC. The molecule has 3 N–H and O–H groups in total. The number of hydrogen-bond acceptors (Lipinski definition) is 5. The Labute approximate surface area is 476 Å². The van der Waals surface area contributed by atoms with Crippen molar-refractivity contribution in [1.82, 2.24) is 5.32 Å². The van der Waals surface area contributed by atoms with Crippen LogP contribution >= 0.6 is 0 Å². The van der Waals surface area contributed by atoms with E-state index in [0.29, 0.717) is 19.4 Å². The van der Waals surface area contributed by atoms with Crippen LogP contribution in [0.5, 0.6) is 0 Å². The molecule has 0 spiro atoms. The molecule has 6 heteroatoms. The Hall–Kier alpha value is -1.40. The number of rotatable bonds is 66. The fourth-order valence-corrected chi connectivity index (χ4v) is 11.2. The molecule has 0 rings (SSSR count). The molecule has 76 heavy (non-hydrogen) atoms. The van der Waals surface area contributed by atoms with Crippen LogP contribution in [0.25, 0.3) is 0 Å². The number of unbranched alkanes of at least 4 members (excludes halogenated alkanes) is 55. The standard InChI is InChI=1S/C70H137NO5/c1-3-5-7-9-11-13-15-17-19-21-27-32-36-40-44-48-52-56-60-64-70(75)76-65-61-57-53-49-45-41-37-33-29-26-24-23-25-28-31-35-39-43-47-51-55-59-63-69(74)71-67(66-72)68(73)62-58-54-50-46-42-38-34-30-22-20-18-16-14-12-10-8-6-4-2/h58,62,67-68,72-73H,3-57,59-61,63-66H2,1-2H3,(H,71,74)/b62-58+. The molecule has 0 radical (unpaired) electrons. The third kappa shape index (κ3) is 61.8. The average molecular weight is 1070 g/mol. The molecule has 2 unspecified atom stereocenters. The van der Waals surface area contributed by atoms with Gasteiger partial charge < -0.3 is 20.3 Å².